The molecule has 210 valence electrons. The highest BCUT2D eigenvalue weighted by atomic mass is 15.1. The summed E-state index contributed by atoms with van der Waals surface area (Å²) >= 11 is 0. The number of rotatable bonds is 3. The lowest BCUT2D eigenvalue weighted by Crippen LogP contribution is -2.03. The van der Waals surface area contributed by atoms with Gasteiger partial charge in [0.15, 0.2) is 5.82 Å². The van der Waals surface area contributed by atoms with Gasteiger partial charge in [-0.2, -0.15) is 0 Å². The summed E-state index contributed by atoms with van der Waals surface area (Å²) in [6.07, 6.45) is 4.60. The zero-order valence-electron chi connectivity index (χ0n) is 24.6. The SMILES string of the molecule is CCc1nc2ccccc2n1-c1cnc(-c2cc3ccc4cccc5c6cccc7ccc8cccc(c(c2)c3c45)c8c76)cn1. The van der Waals surface area contributed by atoms with Crippen LogP contribution in [0, 0.1) is 0 Å². The van der Waals surface area contributed by atoms with Gasteiger partial charge in [0.05, 0.1) is 29.1 Å². The maximum atomic E-state index is 5.00. The van der Waals surface area contributed by atoms with Crippen LogP contribution in [0.4, 0.5) is 0 Å². The van der Waals surface area contributed by atoms with E-state index < -0.39 is 0 Å². The van der Waals surface area contributed by atoms with E-state index in [0.717, 1.165) is 40.4 Å². The van der Waals surface area contributed by atoms with Crippen LogP contribution in [0.5, 0.6) is 0 Å². The van der Waals surface area contributed by atoms with Crippen molar-refractivity contribution in [3.8, 4) is 17.1 Å². The van der Waals surface area contributed by atoms with Crippen LogP contribution in [0.1, 0.15) is 12.7 Å². The highest BCUT2D eigenvalue weighted by Crippen LogP contribution is 2.44. The molecule has 0 saturated heterocycles. The zero-order valence-corrected chi connectivity index (χ0v) is 24.6. The Morgan fingerprint density at radius 1 is 0.533 bits per heavy atom. The van der Waals surface area contributed by atoms with Crippen molar-refractivity contribution in [3.05, 3.63) is 133 Å². The molecule has 0 unspecified atom stereocenters. The van der Waals surface area contributed by atoms with Gasteiger partial charge in [-0.15, -0.1) is 0 Å². The predicted octanol–water partition coefficient (Wildman–Crippen LogP) is 10.4. The summed E-state index contributed by atoms with van der Waals surface area (Å²) in [5.41, 5.74) is 3.92. The van der Waals surface area contributed by atoms with Crippen LogP contribution >= 0.6 is 0 Å². The minimum absolute atomic E-state index is 0.781. The molecule has 0 amide bonds. The van der Waals surface area contributed by atoms with E-state index in [1.54, 1.807) is 0 Å². The number of nitrogens with zero attached hydrogens (tertiary/aromatic N) is 4. The fourth-order valence-electron chi connectivity index (χ4n) is 7.59. The van der Waals surface area contributed by atoms with E-state index >= 15 is 0 Å². The third kappa shape index (κ3) is 3.39. The van der Waals surface area contributed by atoms with Crippen molar-refractivity contribution in [2.24, 2.45) is 0 Å². The molecule has 45 heavy (non-hydrogen) atoms. The Kier molecular flexibility index (Phi) is 4.95. The average Bonchev–Trinajstić information content (AvgIpc) is 3.48. The van der Waals surface area contributed by atoms with E-state index in [2.05, 4.69) is 109 Å². The Morgan fingerprint density at radius 3 is 1.76 bits per heavy atom. The maximum absolute atomic E-state index is 5.00. The van der Waals surface area contributed by atoms with Gasteiger partial charge >= 0.3 is 0 Å². The summed E-state index contributed by atoms with van der Waals surface area (Å²) in [6, 6.07) is 42.0. The fourth-order valence-corrected chi connectivity index (χ4v) is 7.59. The zero-order chi connectivity index (χ0) is 29.6. The van der Waals surface area contributed by atoms with Crippen molar-refractivity contribution in [2.45, 2.75) is 13.3 Å². The molecule has 0 fully saturated rings. The number of hydrogen-bond donors (Lipinski definition) is 0. The first-order chi connectivity index (χ1) is 22.3. The van der Waals surface area contributed by atoms with Gasteiger partial charge < -0.3 is 0 Å². The van der Waals surface area contributed by atoms with E-state index in [1.807, 2.05) is 30.6 Å². The lowest BCUT2D eigenvalue weighted by atomic mass is 9.87. The number of fused-ring (bicyclic) bond motifs is 3. The van der Waals surface area contributed by atoms with Gasteiger partial charge in [-0.3, -0.25) is 9.55 Å². The van der Waals surface area contributed by atoms with Gasteiger partial charge in [-0.25, -0.2) is 9.97 Å². The summed E-state index contributed by atoms with van der Waals surface area (Å²) in [4.78, 5) is 14.8. The lowest BCUT2D eigenvalue weighted by molar-refractivity contribution is 0.878. The van der Waals surface area contributed by atoms with Gasteiger partial charge in [-0.1, -0.05) is 97.9 Å². The average molecular weight is 575 g/mol. The molecule has 0 bridgehead atoms. The third-order valence-corrected chi connectivity index (χ3v) is 9.53. The molecule has 4 heteroatoms. The summed E-state index contributed by atoms with van der Waals surface area (Å²) in [7, 11) is 0. The molecule has 0 N–H and O–H groups in total. The van der Waals surface area contributed by atoms with Crippen molar-refractivity contribution in [1.82, 2.24) is 19.5 Å². The highest BCUT2D eigenvalue weighted by Gasteiger charge is 2.17. The predicted molar refractivity (Wildman–Crippen MR) is 188 cm³/mol. The van der Waals surface area contributed by atoms with Gasteiger partial charge in [0.1, 0.15) is 5.82 Å². The molecular formula is C41H26N4. The summed E-state index contributed by atoms with van der Waals surface area (Å²) < 4.78 is 2.12. The first kappa shape index (κ1) is 24.6. The Balaban J connectivity index is 1.30. The normalized spacial score (nSPS) is 12.2. The van der Waals surface area contributed by atoms with Crippen molar-refractivity contribution in [1.29, 1.82) is 0 Å². The molecule has 2 aromatic heterocycles. The number of para-hydroxylation sites is 2. The first-order valence-electron chi connectivity index (χ1n) is 15.5. The van der Waals surface area contributed by atoms with Crippen LogP contribution in [0.25, 0.3) is 92.7 Å². The molecule has 8 aromatic carbocycles. The molecule has 0 spiro atoms. The summed E-state index contributed by atoms with van der Waals surface area (Å²) in [5.74, 6) is 1.76. The maximum Gasteiger partial charge on any atom is 0.157 e. The third-order valence-electron chi connectivity index (χ3n) is 9.53. The van der Waals surface area contributed by atoms with Gasteiger partial charge in [-0.05, 0) is 88.9 Å². The van der Waals surface area contributed by atoms with E-state index in [4.69, 9.17) is 15.0 Å². The molecule has 0 aliphatic heterocycles. The molecule has 0 aliphatic carbocycles. The molecule has 2 heterocycles. The molecule has 10 aromatic rings. The summed E-state index contributed by atoms with van der Waals surface area (Å²) in [6.45, 7) is 2.12. The van der Waals surface area contributed by atoms with Crippen LogP contribution in [-0.4, -0.2) is 19.5 Å². The Labute approximate surface area is 258 Å². The number of aryl methyl sites for hydroxylation is 1. The first-order valence-corrected chi connectivity index (χ1v) is 15.5. The van der Waals surface area contributed by atoms with Crippen LogP contribution in [0.15, 0.2) is 128 Å². The standard InChI is InChI=1S/C41H26N4/c1-2-36-44-33-14-3-4-15-35(33)45(36)37-23-42-34(22-43-37)28-20-27-19-18-26-9-6-12-30-29-11-5-8-24-16-17-25-10-7-13-31(40(25)38(24)29)32(21-28)41(27)39(26)30/h3-23H,2H2,1H3. The van der Waals surface area contributed by atoms with Crippen molar-refractivity contribution in [3.63, 3.8) is 0 Å². The monoisotopic (exact) mass is 574 g/mol. The Morgan fingerprint density at radius 2 is 1.13 bits per heavy atom. The van der Waals surface area contributed by atoms with Crippen LogP contribution in [0.2, 0.25) is 0 Å². The van der Waals surface area contributed by atoms with E-state index in [1.165, 1.54) is 64.6 Å². The molecule has 4 nitrogen and oxygen atoms in total. The largest absolute Gasteiger partial charge is 0.279 e. The Hall–Kier alpha value is -5.87. The van der Waals surface area contributed by atoms with E-state index in [0.29, 0.717) is 0 Å². The van der Waals surface area contributed by atoms with Crippen LogP contribution < -0.4 is 0 Å². The minimum Gasteiger partial charge on any atom is -0.279 e. The van der Waals surface area contributed by atoms with Crippen molar-refractivity contribution in [2.75, 3.05) is 0 Å². The quantitative estimate of drug-likeness (QED) is 0.197. The second-order valence-corrected chi connectivity index (χ2v) is 11.9. The topological polar surface area (TPSA) is 43.6 Å². The number of imidazole rings is 1. The number of hydrogen-bond acceptors (Lipinski definition) is 3. The molecule has 0 atom stereocenters. The van der Waals surface area contributed by atoms with Gasteiger partial charge in [0.2, 0.25) is 0 Å². The molecule has 0 radical (unpaired) electrons. The highest BCUT2D eigenvalue weighted by molar-refractivity contribution is 6.37. The fraction of sp³-hybridized carbons (Fsp3) is 0.0488. The minimum atomic E-state index is 0.781. The van der Waals surface area contributed by atoms with Crippen molar-refractivity contribution < 1.29 is 0 Å². The van der Waals surface area contributed by atoms with E-state index in [-0.39, 0.29) is 0 Å². The van der Waals surface area contributed by atoms with Gasteiger partial charge in [0.25, 0.3) is 0 Å². The van der Waals surface area contributed by atoms with Crippen LogP contribution in [0.3, 0.4) is 0 Å². The second-order valence-electron chi connectivity index (χ2n) is 11.9. The second kappa shape index (κ2) is 9.07. The Bertz CT molecular complexity index is 2780. The van der Waals surface area contributed by atoms with Crippen LogP contribution in [-0.2, 0) is 6.42 Å². The number of benzene rings is 7. The molecular weight excluding hydrogens is 548 g/mol. The molecule has 0 saturated carbocycles. The van der Waals surface area contributed by atoms with Crippen molar-refractivity contribution >= 4 is 75.7 Å². The lowest BCUT2D eigenvalue weighted by Gasteiger charge is -2.17. The van der Waals surface area contributed by atoms with Gasteiger partial charge in [0, 0.05) is 12.0 Å². The number of aromatic nitrogens is 4. The molecule has 10 rings (SSSR count). The smallest absolute Gasteiger partial charge is 0.157 e. The van der Waals surface area contributed by atoms with E-state index in [9.17, 15) is 0 Å². The molecule has 0 aliphatic rings. The summed E-state index contributed by atoms with van der Waals surface area (Å²) in [5, 5.41) is 15.2.